The van der Waals surface area contributed by atoms with Crippen LogP contribution in [0, 0.1) is 0 Å². The zero-order valence-electron chi connectivity index (χ0n) is 16.2. The van der Waals surface area contributed by atoms with E-state index in [1.807, 2.05) is 12.3 Å². The smallest absolute Gasteiger partial charge is 0.144 e. The number of benzene rings is 4. The summed E-state index contributed by atoms with van der Waals surface area (Å²) in [6.45, 7) is 0. The van der Waals surface area contributed by atoms with Crippen LogP contribution in [0.3, 0.4) is 0 Å². The predicted octanol–water partition coefficient (Wildman–Crippen LogP) is 6.38. The SMILES string of the molecule is c1ccc2c(c1)-c1cccnc1N1c3c(ccc4ccccc34)-c3ccccc3P21. The van der Waals surface area contributed by atoms with Crippen LogP contribution in [-0.4, -0.2) is 4.98 Å². The molecule has 7 rings (SSSR count). The van der Waals surface area contributed by atoms with Crippen LogP contribution in [0.2, 0.25) is 0 Å². The van der Waals surface area contributed by atoms with E-state index in [4.69, 9.17) is 4.98 Å². The van der Waals surface area contributed by atoms with Crippen molar-refractivity contribution in [3.05, 3.63) is 103 Å². The van der Waals surface area contributed by atoms with Crippen molar-refractivity contribution < 1.29 is 0 Å². The number of rotatable bonds is 0. The van der Waals surface area contributed by atoms with Crippen molar-refractivity contribution in [1.29, 1.82) is 0 Å². The first-order chi connectivity index (χ1) is 14.9. The molecule has 0 aliphatic carbocycles. The van der Waals surface area contributed by atoms with Crippen molar-refractivity contribution in [2.24, 2.45) is 0 Å². The molecule has 0 bridgehead atoms. The van der Waals surface area contributed by atoms with E-state index in [1.54, 1.807) is 0 Å². The molecule has 3 heteroatoms. The van der Waals surface area contributed by atoms with E-state index in [0.717, 1.165) is 5.82 Å². The Bertz CT molecular complexity index is 1470. The highest BCUT2D eigenvalue weighted by Crippen LogP contribution is 2.61. The standard InChI is InChI=1S/C27H17N2P/c1-2-9-19-18(8-1)15-16-22-20-10-3-5-13-24(20)30-25-14-6-4-11-21(25)23-12-7-17-28-27(23)29(30)26(19)22/h1-17H. The number of pyridine rings is 1. The lowest BCUT2D eigenvalue weighted by Crippen LogP contribution is -2.34. The molecular weight excluding hydrogens is 383 g/mol. The van der Waals surface area contributed by atoms with Crippen molar-refractivity contribution in [3.8, 4) is 22.3 Å². The van der Waals surface area contributed by atoms with Gasteiger partial charge in [-0.15, -0.1) is 0 Å². The van der Waals surface area contributed by atoms with E-state index >= 15 is 0 Å². The van der Waals surface area contributed by atoms with Crippen molar-refractivity contribution in [3.63, 3.8) is 0 Å². The average molecular weight is 400 g/mol. The molecule has 140 valence electrons. The number of hydrogen-bond acceptors (Lipinski definition) is 2. The van der Waals surface area contributed by atoms with Gasteiger partial charge in [0.05, 0.1) is 13.8 Å². The zero-order valence-corrected chi connectivity index (χ0v) is 17.1. The van der Waals surface area contributed by atoms with Crippen LogP contribution in [0.5, 0.6) is 0 Å². The Balaban J connectivity index is 1.69. The van der Waals surface area contributed by atoms with Crippen LogP contribution in [0.1, 0.15) is 0 Å². The van der Waals surface area contributed by atoms with E-state index in [-0.39, 0.29) is 0 Å². The fourth-order valence-electron chi connectivity index (χ4n) is 4.89. The highest BCUT2D eigenvalue weighted by atomic mass is 31.1. The molecule has 5 aromatic rings. The molecule has 4 aromatic carbocycles. The second kappa shape index (κ2) is 6.01. The maximum atomic E-state index is 4.92. The van der Waals surface area contributed by atoms with E-state index < -0.39 is 8.07 Å². The van der Waals surface area contributed by atoms with Crippen LogP contribution in [0.15, 0.2) is 103 Å². The zero-order chi connectivity index (χ0) is 19.7. The van der Waals surface area contributed by atoms with Gasteiger partial charge in [-0.1, -0.05) is 84.9 Å². The Hall–Kier alpha value is -3.48. The summed E-state index contributed by atoms with van der Waals surface area (Å²) in [6, 6.07) is 35.3. The Morgan fingerprint density at radius 2 is 1.23 bits per heavy atom. The molecule has 30 heavy (non-hydrogen) atoms. The molecule has 0 amide bonds. The van der Waals surface area contributed by atoms with Crippen molar-refractivity contribution >= 4 is 41.0 Å². The summed E-state index contributed by atoms with van der Waals surface area (Å²) in [7, 11) is -0.754. The summed E-state index contributed by atoms with van der Waals surface area (Å²) < 4.78 is 2.53. The van der Waals surface area contributed by atoms with E-state index in [2.05, 4.69) is 95.7 Å². The van der Waals surface area contributed by atoms with Gasteiger partial charge in [0.1, 0.15) is 5.82 Å². The predicted molar refractivity (Wildman–Crippen MR) is 127 cm³/mol. The molecule has 0 radical (unpaired) electrons. The molecule has 1 aromatic heterocycles. The number of hydrogen-bond donors (Lipinski definition) is 0. The fraction of sp³-hybridized carbons (Fsp3) is 0. The molecule has 2 aliphatic rings. The highest BCUT2D eigenvalue weighted by molar-refractivity contribution is 7.75. The molecule has 3 heterocycles. The molecule has 0 saturated carbocycles. The molecular formula is C27H17N2P. The minimum Gasteiger partial charge on any atom is -0.295 e. The number of anilines is 2. The van der Waals surface area contributed by atoms with Crippen molar-refractivity contribution in [2.75, 3.05) is 4.67 Å². The number of nitrogens with zero attached hydrogens (tertiary/aromatic N) is 2. The van der Waals surface area contributed by atoms with Crippen LogP contribution >= 0.6 is 8.07 Å². The first kappa shape index (κ1) is 16.3. The van der Waals surface area contributed by atoms with Gasteiger partial charge in [0, 0.05) is 33.3 Å². The third kappa shape index (κ3) is 2.04. The second-order valence-electron chi connectivity index (χ2n) is 7.72. The van der Waals surface area contributed by atoms with Crippen LogP contribution in [-0.2, 0) is 0 Å². The molecule has 0 saturated heterocycles. The monoisotopic (exact) mass is 400 g/mol. The molecule has 1 atom stereocenters. The van der Waals surface area contributed by atoms with Gasteiger partial charge >= 0.3 is 0 Å². The molecule has 0 fully saturated rings. The summed E-state index contributed by atoms with van der Waals surface area (Å²) in [4.78, 5) is 4.92. The van der Waals surface area contributed by atoms with Crippen LogP contribution in [0.4, 0.5) is 11.5 Å². The molecule has 2 nitrogen and oxygen atoms in total. The lowest BCUT2D eigenvalue weighted by atomic mass is 9.97. The molecule has 2 aliphatic heterocycles. The average Bonchev–Trinajstić information content (AvgIpc) is 2.83. The van der Waals surface area contributed by atoms with Crippen LogP contribution in [0.25, 0.3) is 33.0 Å². The number of aromatic nitrogens is 1. The maximum absolute atomic E-state index is 4.92. The largest absolute Gasteiger partial charge is 0.295 e. The minimum atomic E-state index is -0.754. The summed E-state index contributed by atoms with van der Waals surface area (Å²) in [5.74, 6) is 1.06. The summed E-state index contributed by atoms with van der Waals surface area (Å²) in [6.07, 6.45) is 1.92. The van der Waals surface area contributed by atoms with E-state index in [9.17, 15) is 0 Å². The molecule has 0 spiro atoms. The molecule has 1 unspecified atom stereocenters. The summed E-state index contributed by atoms with van der Waals surface area (Å²) in [5, 5.41) is 5.35. The van der Waals surface area contributed by atoms with Gasteiger partial charge in [-0.2, -0.15) is 0 Å². The Labute approximate surface area is 176 Å². The van der Waals surface area contributed by atoms with E-state index in [1.165, 1.54) is 49.3 Å². The maximum Gasteiger partial charge on any atom is 0.144 e. The van der Waals surface area contributed by atoms with Gasteiger partial charge in [-0.25, -0.2) is 4.98 Å². The quantitative estimate of drug-likeness (QED) is 0.280. The van der Waals surface area contributed by atoms with Crippen LogP contribution < -0.4 is 15.3 Å². The Kier molecular flexibility index (Phi) is 3.27. The lowest BCUT2D eigenvalue weighted by molar-refractivity contribution is 1.25. The fourth-order valence-corrected chi connectivity index (χ4v) is 7.65. The van der Waals surface area contributed by atoms with Gasteiger partial charge in [0.2, 0.25) is 0 Å². The highest BCUT2D eigenvalue weighted by Gasteiger charge is 2.40. The Morgan fingerprint density at radius 3 is 2.07 bits per heavy atom. The van der Waals surface area contributed by atoms with E-state index in [0.29, 0.717) is 0 Å². The third-order valence-electron chi connectivity index (χ3n) is 6.14. The van der Waals surface area contributed by atoms with Gasteiger partial charge in [0.15, 0.2) is 0 Å². The minimum absolute atomic E-state index is 0.754. The summed E-state index contributed by atoms with van der Waals surface area (Å²) in [5.41, 5.74) is 6.44. The first-order valence-corrected chi connectivity index (χ1v) is 11.5. The first-order valence-electron chi connectivity index (χ1n) is 10.2. The van der Waals surface area contributed by atoms with Crippen molar-refractivity contribution in [1.82, 2.24) is 4.98 Å². The van der Waals surface area contributed by atoms with Gasteiger partial charge in [0.25, 0.3) is 0 Å². The number of fused-ring (bicyclic) bond motifs is 13. The van der Waals surface area contributed by atoms with Crippen molar-refractivity contribution in [2.45, 2.75) is 0 Å². The topological polar surface area (TPSA) is 16.1 Å². The van der Waals surface area contributed by atoms with Gasteiger partial charge < -0.3 is 0 Å². The second-order valence-corrected chi connectivity index (χ2v) is 9.70. The van der Waals surface area contributed by atoms with Gasteiger partial charge in [-0.05, 0) is 28.6 Å². The third-order valence-corrected chi connectivity index (χ3v) is 8.63. The lowest BCUT2D eigenvalue weighted by Gasteiger charge is -2.44. The molecule has 0 N–H and O–H groups in total. The normalized spacial score (nSPS) is 15.6. The Morgan fingerprint density at radius 1 is 0.567 bits per heavy atom. The van der Waals surface area contributed by atoms with Gasteiger partial charge in [-0.3, -0.25) is 4.67 Å². The summed E-state index contributed by atoms with van der Waals surface area (Å²) >= 11 is 0.